The molecule has 0 unspecified atom stereocenters. The third-order valence-corrected chi connectivity index (χ3v) is 3.47. The lowest BCUT2D eigenvalue weighted by Gasteiger charge is -2.08. The van der Waals surface area contributed by atoms with Crippen molar-refractivity contribution in [2.75, 3.05) is 5.32 Å². The summed E-state index contributed by atoms with van der Waals surface area (Å²) in [5.41, 5.74) is 3.67. The summed E-state index contributed by atoms with van der Waals surface area (Å²) in [5.74, 6) is -2.07. The summed E-state index contributed by atoms with van der Waals surface area (Å²) >= 11 is 0. The SMILES string of the molecule is CC(=NNC(=O)C(=O)Nc1ccc(C(F)(F)F)cc1)c1ccc(C)cc1. The van der Waals surface area contributed by atoms with E-state index in [-0.39, 0.29) is 5.69 Å². The number of aryl methyl sites for hydroxylation is 1. The molecule has 2 N–H and O–H groups in total. The van der Waals surface area contributed by atoms with Gasteiger partial charge in [0.05, 0.1) is 11.3 Å². The minimum absolute atomic E-state index is 0.0670. The molecule has 0 atom stereocenters. The number of hydrazone groups is 1. The Morgan fingerprint density at radius 2 is 1.50 bits per heavy atom. The normalized spacial score (nSPS) is 11.8. The number of carbonyl (C=O) groups excluding carboxylic acids is 2. The zero-order valence-corrected chi connectivity index (χ0v) is 14.0. The highest BCUT2D eigenvalue weighted by Crippen LogP contribution is 2.29. The second kappa shape index (κ2) is 7.81. The van der Waals surface area contributed by atoms with Crippen molar-refractivity contribution < 1.29 is 22.8 Å². The summed E-state index contributed by atoms with van der Waals surface area (Å²) in [6.45, 7) is 3.60. The number of rotatable bonds is 3. The quantitative estimate of drug-likeness (QED) is 0.498. The molecule has 0 bridgehead atoms. The molecule has 2 aromatic rings. The van der Waals surface area contributed by atoms with Crippen molar-refractivity contribution in [3.8, 4) is 0 Å². The molecule has 0 fully saturated rings. The van der Waals surface area contributed by atoms with Crippen molar-refractivity contribution in [3.63, 3.8) is 0 Å². The van der Waals surface area contributed by atoms with E-state index in [2.05, 4.69) is 15.8 Å². The minimum atomic E-state index is -4.47. The van der Waals surface area contributed by atoms with E-state index in [1.54, 1.807) is 6.92 Å². The number of nitrogens with zero attached hydrogens (tertiary/aromatic N) is 1. The van der Waals surface area contributed by atoms with Crippen molar-refractivity contribution in [1.29, 1.82) is 0 Å². The molecule has 2 aromatic carbocycles. The van der Waals surface area contributed by atoms with Crippen LogP contribution in [0.5, 0.6) is 0 Å². The van der Waals surface area contributed by atoms with E-state index in [0.717, 1.165) is 35.4 Å². The fourth-order valence-corrected chi connectivity index (χ4v) is 1.98. The van der Waals surface area contributed by atoms with Gasteiger partial charge in [0.2, 0.25) is 0 Å². The van der Waals surface area contributed by atoms with Gasteiger partial charge in [-0.1, -0.05) is 29.8 Å². The Labute approximate surface area is 147 Å². The van der Waals surface area contributed by atoms with Gasteiger partial charge in [-0.25, -0.2) is 5.43 Å². The molecule has 0 spiro atoms. The number of alkyl halides is 3. The molecule has 0 aliphatic heterocycles. The Bertz CT molecular complexity index is 826. The van der Waals surface area contributed by atoms with E-state index in [1.807, 2.05) is 31.2 Å². The maximum atomic E-state index is 12.5. The average molecular weight is 363 g/mol. The van der Waals surface area contributed by atoms with Crippen LogP contribution in [0.1, 0.15) is 23.6 Å². The van der Waals surface area contributed by atoms with E-state index in [9.17, 15) is 22.8 Å². The number of halogens is 3. The summed E-state index contributed by atoms with van der Waals surface area (Å²) in [5, 5.41) is 6.04. The highest BCUT2D eigenvalue weighted by Gasteiger charge is 2.30. The Morgan fingerprint density at radius 3 is 2.04 bits per heavy atom. The van der Waals surface area contributed by atoms with E-state index in [1.165, 1.54) is 0 Å². The van der Waals surface area contributed by atoms with Crippen molar-refractivity contribution in [1.82, 2.24) is 5.43 Å². The topological polar surface area (TPSA) is 70.6 Å². The van der Waals surface area contributed by atoms with Crippen LogP contribution >= 0.6 is 0 Å². The van der Waals surface area contributed by atoms with E-state index in [4.69, 9.17) is 0 Å². The van der Waals surface area contributed by atoms with E-state index >= 15 is 0 Å². The summed E-state index contributed by atoms with van der Waals surface area (Å²) < 4.78 is 37.4. The third-order valence-electron chi connectivity index (χ3n) is 3.47. The van der Waals surface area contributed by atoms with Gasteiger partial charge in [-0.2, -0.15) is 18.3 Å². The number of anilines is 1. The molecule has 5 nitrogen and oxygen atoms in total. The van der Waals surface area contributed by atoms with Crippen LogP contribution in [0.15, 0.2) is 53.6 Å². The van der Waals surface area contributed by atoms with Crippen LogP contribution in [0, 0.1) is 6.92 Å². The summed E-state index contributed by atoms with van der Waals surface area (Å²) in [4.78, 5) is 23.5. The predicted molar refractivity (Wildman–Crippen MR) is 91.6 cm³/mol. The number of amides is 2. The standard InChI is InChI=1S/C18H16F3N3O2/c1-11-3-5-13(6-4-11)12(2)23-24-17(26)16(25)22-15-9-7-14(8-10-15)18(19,20)21/h3-10H,1-2H3,(H,22,25)(H,24,26). The molecule has 136 valence electrons. The van der Waals surface area contributed by atoms with Crippen LogP contribution in [0.2, 0.25) is 0 Å². The Balaban J connectivity index is 1.96. The fraction of sp³-hybridized carbons (Fsp3) is 0.167. The predicted octanol–water partition coefficient (Wildman–Crippen LogP) is 3.49. The maximum absolute atomic E-state index is 12.5. The monoisotopic (exact) mass is 363 g/mol. The van der Waals surface area contributed by atoms with Crippen LogP contribution in [0.4, 0.5) is 18.9 Å². The lowest BCUT2D eigenvalue weighted by molar-refractivity contribution is -0.137. The van der Waals surface area contributed by atoms with Gasteiger partial charge in [0, 0.05) is 5.69 Å². The van der Waals surface area contributed by atoms with Gasteiger partial charge in [-0.05, 0) is 43.7 Å². The van der Waals surface area contributed by atoms with Gasteiger partial charge in [-0.15, -0.1) is 0 Å². The van der Waals surface area contributed by atoms with Gasteiger partial charge in [0.1, 0.15) is 0 Å². The van der Waals surface area contributed by atoms with Crippen LogP contribution < -0.4 is 10.7 Å². The maximum Gasteiger partial charge on any atom is 0.416 e. The number of nitrogens with one attached hydrogen (secondary N) is 2. The van der Waals surface area contributed by atoms with Crippen LogP contribution in [-0.2, 0) is 15.8 Å². The highest BCUT2D eigenvalue weighted by molar-refractivity contribution is 6.39. The minimum Gasteiger partial charge on any atom is -0.318 e. The molecular formula is C18H16F3N3O2. The summed E-state index contributed by atoms with van der Waals surface area (Å²) in [6, 6.07) is 11.2. The Hall–Kier alpha value is -3.16. The van der Waals surface area contributed by atoms with Crippen LogP contribution in [0.25, 0.3) is 0 Å². The van der Waals surface area contributed by atoms with Gasteiger partial charge in [0.15, 0.2) is 0 Å². The zero-order valence-electron chi connectivity index (χ0n) is 14.0. The highest BCUT2D eigenvalue weighted by atomic mass is 19.4. The molecule has 0 saturated carbocycles. The first-order chi connectivity index (χ1) is 12.2. The van der Waals surface area contributed by atoms with Crippen molar-refractivity contribution >= 4 is 23.2 Å². The molecule has 26 heavy (non-hydrogen) atoms. The Kier molecular flexibility index (Phi) is 5.76. The van der Waals surface area contributed by atoms with Gasteiger partial charge >= 0.3 is 18.0 Å². The fourth-order valence-electron chi connectivity index (χ4n) is 1.98. The lowest BCUT2D eigenvalue weighted by atomic mass is 10.1. The molecule has 0 heterocycles. The molecular weight excluding hydrogens is 347 g/mol. The van der Waals surface area contributed by atoms with Gasteiger partial charge in [0.25, 0.3) is 0 Å². The molecule has 8 heteroatoms. The lowest BCUT2D eigenvalue weighted by Crippen LogP contribution is -2.33. The molecule has 2 rings (SSSR count). The number of hydrogen-bond acceptors (Lipinski definition) is 3. The third kappa shape index (κ3) is 5.17. The largest absolute Gasteiger partial charge is 0.416 e. The number of carbonyl (C=O) groups is 2. The summed E-state index contributed by atoms with van der Waals surface area (Å²) in [7, 11) is 0. The van der Waals surface area contributed by atoms with Crippen LogP contribution in [0.3, 0.4) is 0 Å². The van der Waals surface area contributed by atoms with Gasteiger partial charge in [-0.3, -0.25) is 9.59 Å². The first-order valence-corrected chi connectivity index (χ1v) is 7.57. The smallest absolute Gasteiger partial charge is 0.318 e. The van der Waals surface area contributed by atoms with Crippen LogP contribution in [-0.4, -0.2) is 17.5 Å². The summed E-state index contributed by atoms with van der Waals surface area (Å²) in [6.07, 6.45) is -4.47. The van der Waals surface area contributed by atoms with E-state index < -0.39 is 23.6 Å². The molecule has 0 aromatic heterocycles. The molecule has 0 radical (unpaired) electrons. The first kappa shape index (κ1) is 19.2. The first-order valence-electron chi connectivity index (χ1n) is 7.57. The van der Waals surface area contributed by atoms with Crippen molar-refractivity contribution in [2.45, 2.75) is 20.0 Å². The van der Waals surface area contributed by atoms with Crippen molar-refractivity contribution in [3.05, 3.63) is 65.2 Å². The number of hydrogen-bond donors (Lipinski definition) is 2. The second-order valence-electron chi connectivity index (χ2n) is 5.53. The number of benzene rings is 2. The average Bonchev–Trinajstić information content (AvgIpc) is 2.59. The van der Waals surface area contributed by atoms with Crippen molar-refractivity contribution in [2.24, 2.45) is 5.10 Å². The van der Waals surface area contributed by atoms with Gasteiger partial charge < -0.3 is 5.32 Å². The zero-order chi connectivity index (χ0) is 19.3. The molecule has 2 amide bonds. The second-order valence-corrected chi connectivity index (χ2v) is 5.53. The van der Waals surface area contributed by atoms with E-state index in [0.29, 0.717) is 5.71 Å². The molecule has 0 aliphatic rings. The molecule has 0 saturated heterocycles. The molecule has 0 aliphatic carbocycles. The Morgan fingerprint density at radius 1 is 0.923 bits per heavy atom.